The summed E-state index contributed by atoms with van der Waals surface area (Å²) in [4.78, 5) is 4.38. The van der Waals surface area contributed by atoms with Crippen molar-refractivity contribution < 1.29 is 9.15 Å². The van der Waals surface area contributed by atoms with Gasteiger partial charge in [-0.1, -0.05) is 5.92 Å². The number of furan rings is 1. The van der Waals surface area contributed by atoms with Crippen molar-refractivity contribution in [1.29, 1.82) is 0 Å². The van der Waals surface area contributed by atoms with Gasteiger partial charge < -0.3 is 19.8 Å². The van der Waals surface area contributed by atoms with Gasteiger partial charge in [-0.2, -0.15) is 0 Å². The molecule has 0 fully saturated rings. The fourth-order valence-corrected chi connectivity index (χ4v) is 1.40. The van der Waals surface area contributed by atoms with Crippen molar-refractivity contribution in [1.82, 2.24) is 10.6 Å². The molecule has 0 aliphatic rings. The number of hydrogen-bond donors (Lipinski definition) is 2. The molecule has 1 rings (SSSR count). The number of nitrogens with zero attached hydrogens (tertiary/aromatic N) is 1. The van der Waals surface area contributed by atoms with Gasteiger partial charge in [-0.3, -0.25) is 4.99 Å². The molecule has 1 aromatic rings. The maximum atomic E-state index is 5.46. The van der Waals surface area contributed by atoms with Gasteiger partial charge in [-0.05, 0) is 25.5 Å². The van der Waals surface area contributed by atoms with Crippen LogP contribution in [-0.2, 0) is 11.3 Å². The zero-order valence-corrected chi connectivity index (χ0v) is 14.1. The summed E-state index contributed by atoms with van der Waals surface area (Å²) in [6.45, 7) is 5.15. The smallest absolute Gasteiger partial charge is 0.192 e. The van der Waals surface area contributed by atoms with Gasteiger partial charge in [0.2, 0.25) is 0 Å². The third-order valence-electron chi connectivity index (χ3n) is 2.24. The second-order valence-electron chi connectivity index (χ2n) is 3.80. The Labute approximate surface area is 137 Å². The fourth-order valence-electron chi connectivity index (χ4n) is 1.40. The summed E-state index contributed by atoms with van der Waals surface area (Å²) < 4.78 is 10.6. The molecule has 0 unspecified atom stereocenters. The van der Waals surface area contributed by atoms with Crippen LogP contribution < -0.4 is 10.6 Å². The summed E-state index contributed by atoms with van der Waals surface area (Å²) in [5.74, 6) is 4.10. The van der Waals surface area contributed by atoms with E-state index in [4.69, 9.17) is 15.6 Å². The molecule has 0 aliphatic heterocycles. The van der Waals surface area contributed by atoms with Crippen molar-refractivity contribution in [3.8, 4) is 12.3 Å². The highest BCUT2D eigenvalue weighted by atomic mass is 127. The van der Waals surface area contributed by atoms with Gasteiger partial charge in [0.1, 0.15) is 12.4 Å². The molecule has 1 aromatic heterocycles. The van der Waals surface area contributed by atoms with Crippen LogP contribution in [0.15, 0.2) is 27.8 Å². The van der Waals surface area contributed by atoms with E-state index in [1.54, 1.807) is 6.26 Å². The number of hydrogen-bond acceptors (Lipinski definition) is 3. The normalized spacial score (nSPS) is 10.5. The predicted octanol–water partition coefficient (Wildman–Crippen LogP) is 1.99. The largest absolute Gasteiger partial charge is 0.467 e. The number of rotatable bonds is 8. The van der Waals surface area contributed by atoms with E-state index in [0.29, 0.717) is 26.3 Å². The molecule has 0 saturated heterocycles. The van der Waals surface area contributed by atoms with Crippen LogP contribution in [0.4, 0.5) is 0 Å². The van der Waals surface area contributed by atoms with Crippen LogP contribution in [0.25, 0.3) is 0 Å². The maximum absolute atomic E-state index is 5.46. The highest BCUT2D eigenvalue weighted by Gasteiger charge is 1.96. The minimum atomic E-state index is 0. The van der Waals surface area contributed by atoms with Gasteiger partial charge in [0.15, 0.2) is 5.96 Å². The molecule has 0 radical (unpaired) electrons. The number of guanidine groups is 1. The van der Waals surface area contributed by atoms with Crippen LogP contribution >= 0.6 is 24.0 Å². The zero-order chi connectivity index (χ0) is 13.8. The van der Waals surface area contributed by atoms with Gasteiger partial charge >= 0.3 is 0 Å². The van der Waals surface area contributed by atoms with E-state index in [0.717, 1.165) is 24.7 Å². The average molecular weight is 391 g/mol. The van der Waals surface area contributed by atoms with E-state index >= 15 is 0 Å². The van der Waals surface area contributed by atoms with E-state index < -0.39 is 0 Å². The molecule has 2 N–H and O–H groups in total. The standard InChI is InChI=1S/C14H21N3O2.HI/c1-3-8-16-14(15-4-2)17-9-6-10-18-12-13-7-5-11-19-13;/h1,5,7,11H,4,6,8-10,12H2,2H3,(H2,15,16,17);1H. The highest BCUT2D eigenvalue weighted by Crippen LogP contribution is 2.01. The van der Waals surface area contributed by atoms with Crippen molar-refractivity contribution in [2.24, 2.45) is 4.99 Å². The monoisotopic (exact) mass is 391 g/mol. The van der Waals surface area contributed by atoms with Crippen molar-refractivity contribution in [2.75, 3.05) is 26.2 Å². The van der Waals surface area contributed by atoms with Crippen molar-refractivity contribution in [3.05, 3.63) is 24.2 Å². The lowest BCUT2D eigenvalue weighted by atomic mass is 10.4. The first-order chi connectivity index (χ1) is 9.36. The average Bonchev–Trinajstić information content (AvgIpc) is 2.93. The first-order valence-electron chi connectivity index (χ1n) is 6.42. The molecule has 0 amide bonds. The van der Waals surface area contributed by atoms with Crippen LogP contribution in [0.1, 0.15) is 19.1 Å². The highest BCUT2D eigenvalue weighted by molar-refractivity contribution is 14.0. The summed E-state index contributed by atoms with van der Waals surface area (Å²) in [6.07, 6.45) is 7.69. The quantitative estimate of drug-likeness (QED) is 0.234. The summed E-state index contributed by atoms with van der Waals surface area (Å²) in [6, 6.07) is 3.74. The van der Waals surface area contributed by atoms with Crippen LogP contribution in [-0.4, -0.2) is 32.2 Å². The SMILES string of the molecule is C#CCNC(=NCCCOCc1ccco1)NCC.I. The molecule has 6 heteroatoms. The molecule has 0 spiro atoms. The van der Waals surface area contributed by atoms with Crippen LogP contribution in [0.3, 0.4) is 0 Å². The van der Waals surface area contributed by atoms with E-state index in [1.165, 1.54) is 0 Å². The topological polar surface area (TPSA) is 58.8 Å². The Balaban J connectivity index is 0.00000361. The van der Waals surface area contributed by atoms with Gasteiger partial charge in [0, 0.05) is 19.7 Å². The Bertz CT molecular complexity index is 399. The minimum Gasteiger partial charge on any atom is -0.467 e. The van der Waals surface area contributed by atoms with Crippen LogP contribution in [0.2, 0.25) is 0 Å². The van der Waals surface area contributed by atoms with E-state index in [-0.39, 0.29) is 24.0 Å². The molecular formula is C14H22IN3O2. The second-order valence-corrected chi connectivity index (χ2v) is 3.80. The number of aliphatic imine (C=N–C) groups is 1. The Morgan fingerprint density at radius 1 is 1.50 bits per heavy atom. The number of terminal acetylenes is 1. The van der Waals surface area contributed by atoms with E-state index in [1.807, 2.05) is 19.1 Å². The Morgan fingerprint density at radius 2 is 2.35 bits per heavy atom. The molecule has 20 heavy (non-hydrogen) atoms. The Kier molecular flexibility index (Phi) is 12.0. The molecule has 0 saturated carbocycles. The van der Waals surface area contributed by atoms with Crippen LogP contribution in [0, 0.1) is 12.3 Å². The van der Waals surface area contributed by atoms with Gasteiger partial charge in [0.05, 0.1) is 12.8 Å². The number of halogens is 1. The lowest BCUT2D eigenvalue weighted by Crippen LogP contribution is -2.37. The van der Waals surface area contributed by atoms with E-state index in [2.05, 4.69) is 21.5 Å². The Hall–Kier alpha value is -1.20. The molecular weight excluding hydrogens is 369 g/mol. The summed E-state index contributed by atoms with van der Waals surface area (Å²) in [5.41, 5.74) is 0. The summed E-state index contributed by atoms with van der Waals surface area (Å²) >= 11 is 0. The predicted molar refractivity (Wildman–Crippen MR) is 91.2 cm³/mol. The van der Waals surface area contributed by atoms with Gasteiger partial charge in [0.25, 0.3) is 0 Å². The Morgan fingerprint density at radius 3 is 3.00 bits per heavy atom. The fraction of sp³-hybridized carbons (Fsp3) is 0.500. The second kappa shape index (κ2) is 12.8. The zero-order valence-electron chi connectivity index (χ0n) is 11.7. The molecule has 0 aliphatic carbocycles. The van der Waals surface area contributed by atoms with Crippen molar-refractivity contribution in [2.45, 2.75) is 20.0 Å². The summed E-state index contributed by atoms with van der Waals surface area (Å²) in [7, 11) is 0. The first-order valence-corrected chi connectivity index (χ1v) is 6.42. The molecule has 0 aromatic carbocycles. The first kappa shape index (κ1) is 18.8. The van der Waals surface area contributed by atoms with Gasteiger partial charge in [-0.15, -0.1) is 30.4 Å². The lowest BCUT2D eigenvalue weighted by molar-refractivity contribution is 0.105. The van der Waals surface area contributed by atoms with Crippen molar-refractivity contribution >= 4 is 29.9 Å². The third kappa shape index (κ3) is 8.82. The van der Waals surface area contributed by atoms with Gasteiger partial charge in [-0.25, -0.2) is 0 Å². The minimum absolute atomic E-state index is 0. The van der Waals surface area contributed by atoms with E-state index in [9.17, 15) is 0 Å². The molecule has 112 valence electrons. The molecule has 5 nitrogen and oxygen atoms in total. The molecule has 1 heterocycles. The molecule has 0 bridgehead atoms. The lowest BCUT2D eigenvalue weighted by Gasteiger charge is -2.08. The maximum Gasteiger partial charge on any atom is 0.192 e. The number of nitrogens with one attached hydrogen (secondary N) is 2. The van der Waals surface area contributed by atoms with Crippen molar-refractivity contribution in [3.63, 3.8) is 0 Å². The molecule has 0 atom stereocenters. The number of ether oxygens (including phenoxy) is 1. The third-order valence-corrected chi connectivity index (χ3v) is 2.24. The summed E-state index contributed by atoms with van der Waals surface area (Å²) in [5, 5.41) is 6.15. The van der Waals surface area contributed by atoms with Crippen LogP contribution in [0.5, 0.6) is 0 Å².